The van der Waals surface area contributed by atoms with Gasteiger partial charge in [0, 0.05) is 23.3 Å². The molecule has 7 nitrogen and oxygen atoms in total. The van der Waals surface area contributed by atoms with Crippen LogP contribution in [0, 0.1) is 6.92 Å². The van der Waals surface area contributed by atoms with E-state index >= 15 is 0 Å². The minimum atomic E-state index is -3.97. The van der Waals surface area contributed by atoms with E-state index in [0.29, 0.717) is 10.7 Å². The van der Waals surface area contributed by atoms with Gasteiger partial charge in [0.2, 0.25) is 21.8 Å². The summed E-state index contributed by atoms with van der Waals surface area (Å²) in [5, 5.41) is 3.56. The van der Waals surface area contributed by atoms with Gasteiger partial charge in [-0.3, -0.25) is 14.5 Å². The topological polar surface area (TPSA) is 86.8 Å². The first kappa shape index (κ1) is 23.7. The molecule has 0 unspecified atom stereocenters. The molecular formula is C24H28ClN3O4S. The van der Waals surface area contributed by atoms with E-state index in [9.17, 15) is 18.0 Å². The predicted octanol–water partition coefficient (Wildman–Crippen LogP) is 3.50. The second-order valence-electron chi connectivity index (χ2n) is 9.02. The molecule has 1 heterocycles. The number of rotatable bonds is 5. The second kappa shape index (κ2) is 9.08. The number of nitrogens with zero attached hydrogens (tertiary/aromatic N) is 2. The lowest BCUT2D eigenvalue weighted by Gasteiger charge is -2.47. The van der Waals surface area contributed by atoms with Crippen molar-refractivity contribution < 1.29 is 18.0 Å². The molecule has 1 saturated carbocycles. The van der Waals surface area contributed by atoms with Gasteiger partial charge in [0.15, 0.2) is 0 Å². The first-order valence-electron chi connectivity index (χ1n) is 11.1. The van der Waals surface area contributed by atoms with Crippen molar-refractivity contribution in [3.63, 3.8) is 0 Å². The molecule has 2 fully saturated rings. The largest absolute Gasteiger partial charge is 0.351 e. The minimum absolute atomic E-state index is 0.0283. The smallest absolute Gasteiger partial charge is 0.247 e. The van der Waals surface area contributed by atoms with Crippen molar-refractivity contribution in [3.8, 4) is 0 Å². The fourth-order valence-electron chi connectivity index (χ4n) is 4.60. The molecule has 1 aliphatic carbocycles. The Labute approximate surface area is 199 Å². The Bertz CT molecular complexity index is 1150. The molecule has 0 aromatic heterocycles. The lowest BCUT2D eigenvalue weighted by atomic mass is 9.94. The first-order valence-corrected chi connectivity index (χ1v) is 12.9. The molecule has 1 saturated heterocycles. The van der Waals surface area contributed by atoms with Crippen molar-refractivity contribution in [1.82, 2.24) is 9.62 Å². The fraction of sp³-hybridized carbons (Fsp3) is 0.417. The normalized spacial score (nSPS) is 22.5. The number of hydrogen-bond donors (Lipinski definition) is 1. The molecule has 0 radical (unpaired) electrons. The number of amides is 2. The van der Waals surface area contributed by atoms with Gasteiger partial charge in [-0.25, -0.2) is 8.42 Å². The number of carbonyl (C=O) groups excluding carboxylic acids is 2. The zero-order chi connectivity index (χ0) is 23.8. The molecule has 4 rings (SSSR count). The quantitative estimate of drug-likeness (QED) is 0.696. The van der Waals surface area contributed by atoms with E-state index < -0.39 is 21.5 Å². The van der Waals surface area contributed by atoms with Gasteiger partial charge in [-0.1, -0.05) is 42.1 Å². The van der Waals surface area contributed by atoms with E-state index in [1.807, 2.05) is 6.92 Å². The fourth-order valence-corrected chi connectivity index (χ4v) is 6.21. The maximum Gasteiger partial charge on any atom is 0.247 e. The number of halogens is 1. The van der Waals surface area contributed by atoms with Crippen LogP contribution in [0.2, 0.25) is 5.02 Å². The SMILES string of the molecule is Cc1ccc(S(=O)(=O)N2CC(=O)N(c3ccc(Cl)cc3)[C@@](C)(C(=O)NC3CCCC3)C2)cc1. The van der Waals surface area contributed by atoms with Crippen LogP contribution in [0.25, 0.3) is 0 Å². The molecule has 0 spiro atoms. The van der Waals surface area contributed by atoms with E-state index in [0.717, 1.165) is 35.6 Å². The summed E-state index contributed by atoms with van der Waals surface area (Å²) in [5.41, 5.74) is 0.00277. The van der Waals surface area contributed by atoms with E-state index in [1.54, 1.807) is 43.3 Å². The highest BCUT2D eigenvalue weighted by atomic mass is 35.5. The summed E-state index contributed by atoms with van der Waals surface area (Å²) in [4.78, 5) is 28.5. The Morgan fingerprint density at radius 1 is 1.06 bits per heavy atom. The molecule has 1 N–H and O–H groups in total. The van der Waals surface area contributed by atoms with Crippen molar-refractivity contribution in [2.45, 2.75) is 56.0 Å². The highest BCUT2D eigenvalue weighted by molar-refractivity contribution is 7.89. The van der Waals surface area contributed by atoms with Crippen molar-refractivity contribution >= 4 is 39.1 Å². The van der Waals surface area contributed by atoms with Gasteiger partial charge in [-0.15, -0.1) is 0 Å². The van der Waals surface area contributed by atoms with Gasteiger partial charge in [0.05, 0.1) is 11.4 Å². The number of benzene rings is 2. The molecule has 176 valence electrons. The van der Waals surface area contributed by atoms with E-state index in [2.05, 4.69) is 5.32 Å². The summed E-state index contributed by atoms with van der Waals surface area (Å²) < 4.78 is 27.9. The third kappa shape index (κ3) is 4.65. The zero-order valence-corrected chi connectivity index (χ0v) is 20.3. The molecule has 1 aliphatic heterocycles. The number of carbonyl (C=O) groups is 2. The summed E-state index contributed by atoms with van der Waals surface area (Å²) in [6.45, 7) is 2.98. The van der Waals surface area contributed by atoms with Crippen LogP contribution in [-0.2, 0) is 19.6 Å². The molecule has 2 amide bonds. The maximum atomic E-state index is 13.6. The molecular weight excluding hydrogens is 462 g/mol. The van der Waals surface area contributed by atoms with Gasteiger partial charge in [-0.05, 0) is 63.1 Å². The summed E-state index contributed by atoms with van der Waals surface area (Å²) in [5.74, 6) is -0.829. The third-order valence-corrected chi connectivity index (χ3v) is 8.52. The second-order valence-corrected chi connectivity index (χ2v) is 11.4. The van der Waals surface area contributed by atoms with Crippen LogP contribution in [0.4, 0.5) is 5.69 Å². The Morgan fingerprint density at radius 3 is 2.27 bits per heavy atom. The molecule has 1 atom stereocenters. The van der Waals surface area contributed by atoms with Crippen molar-refractivity contribution in [2.75, 3.05) is 18.0 Å². The zero-order valence-electron chi connectivity index (χ0n) is 18.8. The Hall–Kier alpha value is -2.42. The van der Waals surface area contributed by atoms with Crippen LogP contribution in [0.1, 0.15) is 38.2 Å². The predicted molar refractivity (Wildman–Crippen MR) is 128 cm³/mol. The van der Waals surface area contributed by atoms with Crippen LogP contribution in [0.15, 0.2) is 53.4 Å². The minimum Gasteiger partial charge on any atom is -0.351 e. The first-order chi connectivity index (χ1) is 15.6. The standard InChI is InChI=1S/C24H28ClN3O4S/c1-17-7-13-21(14-8-17)33(31,32)27-15-22(29)28(20-11-9-18(25)10-12-20)24(2,16-27)23(30)26-19-5-3-4-6-19/h7-14,19H,3-6,15-16H2,1-2H3,(H,26,30)/t24-/m1/s1. The highest BCUT2D eigenvalue weighted by Crippen LogP contribution is 2.33. The molecule has 0 bridgehead atoms. The van der Waals surface area contributed by atoms with Crippen molar-refractivity contribution in [1.29, 1.82) is 0 Å². The summed E-state index contributed by atoms with van der Waals surface area (Å²) in [6, 6.07) is 13.1. The number of anilines is 1. The number of hydrogen-bond acceptors (Lipinski definition) is 4. The molecule has 2 aromatic rings. The summed E-state index contributed by atoms with van der Waals surface area (Å²) in [7, 11) is -3.97. The monoisotopic (exact) mass is 489 g/mol. The van der Waals surface area contributed by atoms with Gasteiger partial charge in [-0.2, -0.15) is 4.31 Å². The van der Waals surface area contributed by atoms with Gasteiger partial charge < -0.3 is 5.32 Å². The van der Waals surface area contributed by atoms with E-state index in [1.165, 1.54) is 17.0 Å². The molecule has 33 heavy (non-hydrogen) atoms. The molecule has 9 heteroatoms. The summed E-state index contributed by atoms with van der Waals surface area (Å²) >= 11 is 6.03. The lowest BCUT2D eigenvalue weighted by Crippen LogP contribution is -2.70. The van der Waals surface area contributed by atoms with Crippen LogP contribution >= 0.6 is 11.6 Å². The van der Waals surface area contributed by atoms with Gasteiger partial charge >= 0.3 is 0 Å². The van der Waals surface area contributed by atoms with Crippen molar-refractivity contribution in [2.24, 2.45) is 0 Å². The number of sulfonamides is 1. The van der Waals surface area contributed by atoms with Gasteiger partial charge in [0.25, 0.3) is 0 Å². The number of aryl methyl sites for hydroxylation is 1. The van der Waals surface area contributed by atoms with Crippen molar-refractivity contribution in [3.05, 3.63) is 59.1 Å². The Morgan fingerprint density at radius 2 is 1.67 bits per heavy atom. The number of piperazine rings is 1. The highest BCUT2D eigenvalue weighted by Gasteiger charge is 2.51. The molecule has 2 aliphatic rings. The van der Waals surface area contributed by atoms with Crippen LogP contribution in [-0.4, -0.2) is 49.2 Å². The number of nitrogens with one attached hydrogen (secondary N) is 1. The van der Waals surface area contributed by atoms with Crippen LogP contribution < -0.4 is 10.2 Å². The molecule has 2 aromatic carbocycles. The van der Waals surface area contributed by atoms with E-state index in [-0.39, 0.29) is 29.9 Å². The summed E-state index contributed by atoms with van der Waals surface area (Å²) in [6.07, 6.45) is 3.83. The van der Waals surface area contributed by atoms with Crippen LogP contribution in [0.3, 0.4) is 0 Å². The average molecular weight is 490 g/mol. The Kier molecular flexibility index (Phi) is 6.53. The van der Waals surface area contributed by atoms with Gasteiger partial charge in [0.1, 0.15) is 5.54 Å². The maximum absolute atomic E-state index is 13.6. The van der Waals surface area contributed by atoms with E-state index in [4.69, 9.17) is 11.6 Å². The third-order valence-electron chi connectivity index (χ3n) is 6.46. The lowest BCUT2D eigenvalue weighted by molar-refractivity contribution is -0.133. The van der Waals surface area contributed by atoms with Crippen LogP contribution in [0.5, 0.6) is 0 Å². The Balaban J connectivity index is 1.72. The average Bonchev–Trinajstić information content (AvgIpc) is 3.28.